The van der Waals surface area contributed by atoms with Crippen LogP contribution in [-0.4, -0.2) is 23.6 Å². The largest absolute Gasteiger partial charge is 0.459 e. The number of esters is 1. The number of rotatable bonds is 5. The number of aromatic nitrogens is 1. The lowest BCUT2D eigenvalue weighted by Gasteiger charge is -2.18. The minimum Gasteiger partial charge on any atom is -0.459 e. The molecule has 1 amide bonds. The third-order valence-electron chi connectivity index (χ3n) is 4.91. The molecule has 1 unspecified atom stereocenters. The lowest BCUT2D eigenvalue weighted by atomic mass is 10.1. The second-order valence-electron chi connectivity index (χ2n) is 6.99. The Morgan fingerprint density at radius 3 is 2.76 bits per heavy atom. The molecule has 6 nitrogen and oxygen atoms in total. The van der Waals surface area contributed by atoms with Crippen LogP contribution in [-0.2, 0) is 20.9 Å². The summed E-state index contributed by atoms with van der Waals surface area (Å²) >= 11 is 5.89. The summed E-state index contributed by atoms with van der Waals surface area (Å²) in [5, 5.41) is 4.57. The van der Waals surface area contributed by atoms with E-state index in [2.05, 4.69) is 5.16 Å². The third kappa shape index (κ3) is 4.17. The van der Waals surface area contributed by atoms with Crippen LogP contribution in [0.15, 0.2) is 59.1 Å². The standard InChI is InChI=1S/C22H19ClN2O4/c1-14-4-2-3-5-19(14)25-12-16(10-21(25)26)22(27)28-13-18-11-20(29-24-18)15-6-8-17(23)9-7-15/h2-9,11,16H,10,12-13H2,1H3. The van der Waals surface area contributed by atoms with Gasteiger partial charge >= 0.3 is 5.97 Å². The number of benzene rings is 2. The molecule has 3 aromatic rings. The van der Waals surface area contributed by atoms with Gasteiger partial charge in [0, 0.05) is 35.3 Å². The number of hydrogen-bond acceptors (Lipinski definition) is 5. The fourth-order valence-corrected chi connectivity index (χ4v) is 3.48. The van der Waals surface area contributed by atoms with Crippen molar-refractivity contribution in [2.24, 2.45) is 5.92 Å². The number of anilines is 1. The SMILES string of the molecule is Cc1ccccc1N1CC(C(=O)OCc2cc(-c3ccc(Cl)cc3)on2)CC1=O. The van der Waals surface area contributed by atoms with Crippen LogP contribution in [0.25, 0.3) is 11.3 Å². The number of halogens is 1. The molecule has 0 spiro atoms. The van der Waals surface area contributed by atoms with E-state index in [-0.39, 0.29) is 18.9 Å². The summed E-state index contributed by atoms with van der Waals surface area (Å²) in [6, 6.07) is 16.5. The predicted octanol–water partition coefficient (Wildman–Crippen LogP) is 4.40. The average molecular weight is 411 g/mol. The summed E-state index contributed by atoms with van der Waals surface area (Å²) in [5.41, 5.74) is 3.15. The Kier molecular flexibility index (Phi) is 5.36. The summed E-state index contributed by atoms with van der Waals surface area (Å²) in [7, 11) is 0. The van der Waals surface area contributed by atoms with Crippen LogP contribution in [0.4, 0.5) is 5.69 Å². The number of carbonyl (C=O) groups excluding carboxylic acids is 2. The van der Waals surface area contributed by atoms with Crippen LogP contribution < -0.4 is 4.90 Å². The topological polar surface area (TPSA) is 72.6 Å². The molecule has 0 saturated carbocycles. The molecule has 148 valence electrons. The van der Waals surface area contributed by atoms with Gasteiger partial charge in [-0.05, 0) is 42.8 Å². The predicted molar refractivity (Wildman–Crippen MR) is 108 cm³/mol. The Labute approximate surface area is 173 Å². The Morgan fingerprint density at radius 1 is 1.24 bits per heavy atom. The van der Waals surface area contributed by atoms with Crippen LogP contribution in [0.3, 0.4) is 0 Å². The first kappa shape index (κ1) is 19.2. The van der Waals surface area contributed by atoms with Crippen molar-refractivity contribution in [2.75, 3.05) is 11.4 Å². The normalized spacial score (nSPS) is 16.3. The lowest BCUT2D eigenvalue weighted by Crippen LogP contribution is -2.27. The fraction of sp³-hybridized carbons (Fsp3) is 0.227. The van der Waals surface area contributed by atoms with E-state index in [1.165, 1.54) is 0 Å². The van der Waals surface area contributed by atoms with Gasteiger partial charge < -0.3 is 14.2 Å². The maximum atomic E-state index is 12.5. The van der Waals surface area contributed by atoms with E-state index in [0.717, 1.165) is 16.8 Å². The summed E-state index contributed by atoms with van der Waals surface area (Å²) in [5.74, 6) is -0.419. The van der Waals surface area contributed by atoms with Crippen LogP contribution >= 0.6 is 11.6 Å². The molecule has 1 aliphatic rings. The molecule has 7 heteroatoms. The van der Waals surface area contributed by atoms with Gasteiger partial charge in [0.15, 0.2) is 5.76 Å². The Bertz CT molecular complexity index is 1040. The van der Waals surface area contributed by atoms with Crippen LogP contribution in [0.5, 0.6) is 0 Å². The lowest BCUT2D eigenvalue weighted by molar-refractivity contribution is -0.149. The van der Waals surface area contributed by atoms with E-state index >= 15 is 0 Å². The maximum Gasteiger partial charge on any atom is 0.311 e. The van der Waals surface area contributed by atoms with Crippen LogP contribution in [0.1, 0.15) is 17.7 Å². The number of aryl methyl sites for hydroxylation is 1. The molecule has 1 aliphatic heterocycles. The van der Waals surface area contributed by atoms with Gasteiger partial charge in [-0.15, -0.1) is 0 Å². The van der Waals surface area contributed by atoms with Gasteiger partial charge in [-0.1, -0.05) is 35.0 Å². The molecule has 1 aromatic heterocycles. The number of hydrogen-bond donors (Lipinski definition) is 0. The molecule has 0 radical (unpaired) electrons. The zero-order chi connectivity index (χ0) is 20.4. The first-order chi connectivity index (χ1) is 14.0. The number of amides is 1. The van der Waals surface area contributed by atoms with Gasteiger partial charge in [0.25, 0.3) is 0 Å². The van der Waals surface area contributed by atoms with Gasteiger partial charge in [0.05, 0.1) is 5.92 Å². The quantitative estimate of drug-likeness (QED) is 0.583. The van der Waals surface area contributed by atoms with Gasteiger partial charge in [-0.25, -0.2) is 0 Å². The molecule has 2 aromatic carbocycles. The molecule has 1 fully saturated rings. The van der Waals surface area contributed by atoms with E-state index < -0.39 is 11.9 Å². The third-order valence-corrected chi connectivity index (χ3v) is 5.17. The molecular weight excluding hydrogens is 392 g/mol. The van der Waals surface area contributed by atoms with Crippen LogP contribution in [0, 0.1) is 12.8 Å². The highest BCUT2D eigenvalue weighted by Gasteiger charge is 2.36. The summed E-state index contributed by atoms with van der Waals surface area (Å²) < 4.78 is 10.7. The smallest absolute Gasteiger partial charge is 0.311 e. The number of ether oxygens (including phenoxy) is 1. The highest BCUT2D eigenvalue weighted by atomic mass is 35.5. The Hall–Kier alpha value is -3.12. The molecule has 0 N–H and O–H groups in total. The molecule has 0 bridgehead atoms. The Morgan fingerprint density at radius 2 is 2.00 bits per heavy atom. The maximum absolute atomic E-state index is 12.5. The van der Waals surface area contributed by atoms with Gasteiger partial charge in [0.1, 0.15) is 12.3 Å². The van der Waals surface area contributed by atoms with Crippen molar-refractivity contribution in [1.29, 1.82) is 0 Å². The molecule has 29 heavy (non-hydrogen) atoms. The van der Waals surface area contributed by atoms with Gasteiger partial charge in [-0.3, -0.25) is 9.59 Å². The highest BCUT2D eigenvalue weighted by Crippen LogP contribution is 2.28. The van der Waals surface area contributed by atoms with E-state index in [1.54, 1.807) is 23.1 Å². The molecular formula is C22H19ClN2O4. The first-order valence-corrected chi connectivity index (χ1v) is 9.63. The van der Waals surface area contributed by atoms with Gasteiger partial charge in [0.2, 0.25) is 5.91 Å². The van der Waals surface area contributed by atoms with Crippen molar-refractivity contribution in [2.45, 2.75) is 20.0 Å². The summed E-state index contributed by atoms with van der Waals surface area (Å²) in [6.07, 6.45) is 0.141. The van der Waals surface area contributed by atoms with Crippen molar-refractivity contribution in [3.63, 3.8) is 0 Å². The molecule has 1 saturated heterocycles. The molecule has 4 rings (SSSR count). The number of para-hydroxylation sites is 1. The number of nitrogens with zero attached hydrogens (tertiary/aromatic N) is 2. The van der Waals surface area contributed by atoms with Crippen molar-refractivity contribution < 1.29 is 18.8 Å². The van der Waals surface area contributed by atoms with E-state index in [0.29, 0.717) is 23.0 Å². The minimum absolute atomic E-state index is 0.00895. The monoisotopic (exact) mass is 410 g/mol. The van der Waals surface area contributed by atoms with Crippen molar-refractivity contribution in [3.05, 3.63) is 70.9 Å². The van der Waals surface area contributed by atoms with Gasteiger partial charge in [-0.2, -0.15) is 0 Å². The van der Waals surface area contributed by atoms with Crippen molar-refractivity contribution in [1.82, 2.24) is 5.16 Å². The Balaban J connectivity index is 1.36. The molecule has 1 atom stereocenters. The van der Waals surface area contributed by atoms with Crippen molar-refractivity contribution >= 4 is 29.2 Å². The molecule has 0 aliphatic carbocycles. The van der Waals surface area contributed by atoms with Crippen LogP contribution in [0.2, 0.25) is 5.02 Å². The fourth-order valence-electron chi connectivity index (χ4n) is 3.36. The van der Waals surface area contributed by atoms with E-state index in [4.69, 9.17) is 20.9 Å². The molecule has 2 heterocycles. The van der Waals surface area contributed by atoms with E-state index in [9.17, 15) is 9.59 Å². The minimum atomic E-state index is -0.496. The summed E-state index contributed by atoms with van der Waals surface area (Å²) in [4.78, 5) is 26.5. The first-order valence-electron chi connectivity index (χ1n) is 9.25. The second kappa shape index (κ2) is 8.09. The average Bonchev–Trinajstić information content (AvgIpc) is 3.34. The second-order valence-corrected chi connectivity index (χ2v) is 7.43. The van der Waals surface area contributed by atoms with Crippen molar-refractivity contribution in [3.8, 4) is 11.3 Å². The summed E-state index contributed by atoms with van der Waals surface area (Å²) in [6.45, 7) is 2.25. The highest BCUT2D eigenvalue weighted by molar-refractivity contribution is 6.30. The zero-order valence-corrected chi connectivity index (χ0v) is 16.6. The van der Waals surface area contributed by atoms with E-state index in [1.807, 2.05) is 43.3 Å². The number of carbonyl (C=O) groups is 2. The zero-order valence-electron chi connectivity index (χ0n) is 15.8.